The molecule has 1 aliphatic rings. The van der Waals surface area contributed by atoms with Crippen LogP contribution in [0.3, 0.4) is 0 Å². The van der Waals surface area contributed by atoms with Gasteiger partial charge in [-0.2, -0.15) is 0 Å². The average Bonchev–Trinajstić information content (AvgIpc) is 2.86. The van der Waals surface area contributed by atoms with Gasteiger partial charge in [0, 0.05) is 31.8 Å². The number of carbonyl (C=O) groups is 1. The molecule has 0 saturated heterocycles. The van der Waals surface area contributed by atoms with E-state index in [2.05, 4.69) is 0 Å². The van der Waals surface area contributed by atoms with Crippen LogP contribution in [0.15, 0.2) is 24.4 Å². The summed E-state index contributed by atoms with van der Waals surface area (Å²) in [5, 5.41) is 11.0. The van der Waals surface area contributed by atoms with Crippen LogP contribution in [0.4, 0.5) is 0 Å². The zero-order valence-electron chi connectivity index (χ0n) is 14.3. The van der Waals surface area contributed by atoms with E-state index in [0.717, 1.165) is 42.5 Å². The van der Waals surface area contributed by atoms with Gasteiger partial charge in [-0.3, -0.25) is 4.79 Å². The summed E-state index contributed by atoms with van der Waals surface area (Å²) in [6, 6.07) is 5.75. The fraction of sp³-hybridized carbons (Fsp3) is 0.526. The Morgan fingerprint density at radius 2 is 2.08 bits per heavy atom. The van der Waals surface area contributed by atoms with Crippen molar-refractivity contribution in [1.29, 1.82) is 0 Å². The molecular weight excluding hydrogens is 304 g/mol. The lowest BCUT2D eigenvalue weighted by Gasteiger charge is -2.32. The van der Waals surface area contributed by atoms with Crippen molar-refractivity contribution in [3.05, 3.63) is 41.2 Å². The molecule has 1 amide bonds. The second-order valence-corrected chi connectivity index (χ2v) is 6.82. The number of hydrogen-bond acceptors (Lipinski definition) is 3. The minimum absolute atomic E-state index is 0.434. The summed E-state index contributed by atoms with van der Waals surface area (Å²) < 4.78 is 7.26. The van der Waals surface area contributed by atoms with Gasteiger partial charge < -0.3 is 20.0 Å². The van der Waals surface area contributed by atoms with Crippen molar-refractivity contribution < 1.29 is 14.6 Å². The predicted molar refractivity (Wildman–Crippen MR) is 93.2 cm³/mol. The minimum Gasteiger partial charge on any atom is -0.390 e. The number of methoxy groups -OCH3 is 1. The number of aliphatic hydroxyl groups is 1. The molecule has 3 N–H and O–H groups in total. The molecule has 24 heavy (non-hydrogen) atoms. The first-order chi connectivity index (χ1) is 11.6. The SMILES string of the molecule is COCCc1c(CC2(O)CCCCC2)c(C(N)=O)c2ccccn12. The lowest BCUT2D eigenvalue weighted by Crippen LogP contribution is -2.34. The highest BCUT2D eigenvalue weighted by molar-refractivity contribution is 6.02. The average molecular weight is 330 g/mol. The molecule has 5 heteroatoms. The van der Waals surface area contributed by atoms with Gasteiger partial charge in [0.25, 0.3) is 5.91 Å². The van der Waals surface area contributed by atoms with Gasteiger partial charge in [-0.05, 0) is 30.5 Å². The van der Waals surface area contributed by atoms with Crippen molar-refractivity contribution in [2.24, 2.45) is 5.73 Å². The number of pyridine rings is 1. The van der Waals surface area contributed by atoms with Crippen molar-refractivity contribution in [3.63, 3.8) is 0 Å². The molecule has 3 rings (SSSR count). The standard InChI is InChI=1S/C19H26N2O3/c1-24-12-8-15-14(13-19(23)9-4-2-5-10-19)17(18(20)22)16-7-3-6-11-21(15)16/h3,6-7,11,23H,2,4-5,8-10,12-13H2,1H3,(H2,20,22). The Balaban J connectivity index is 2.12. The van der Waals surface area contributed by atoms with Gasteiger partial charge in [0.05, 0.1) is 23.3 Å². The van der Waals surface area contributed by atoms with E-state index >= 15 is 0 Å². The fourth-order valence-electron chi connectivity index (χ4n) is 3.98. The quantitative estimate of drug-likeness (QED) is 0.854. The van der Waals surface area contributed by atoms with Gasteiger partial charge in [-0.15, -0.1) is 0 Å². The van der Waals surface area contributed by atoms with Crippen LogP contribution in [0.1, 0.15) is 53.7 Å². The van der Waals surface area contributed by atoms with Crippen LogP contribution in [-0.4, -0.2) is 34.7 Å². The Morgan fingerprint density at radius 3 is 2.75 bits per heavy atom. The molecule has 0 spiro atoms. The molecule has 1 saturated carbocycles. The number of nitrogens with zero attached hydrogens (tertiary/aromatic N) is 1. The lowest BCUT2D eigenvalue weighted by molar-refractivity contribution is 0.00418. The fourth-order valence-corrected chi connectivity index (χ4v) is 3.98. The van der Waals surface area contributed by atoms with E-state index in [0.29, 0.717) is 25.0 Å². The van der Waals surface area contributed by atoms with Crippen LogP contribution in [0.5, 0.6) is 0 Å². The Hall–Kier alpha value is -1.85. The molecule has 5 nitrogen and oxygen atoms in total. The third-order valence-electron chi connectivity index (χ3n) is 5.14. The summed E-state index contributed by atoms with van der Waals surface area (Å²) in [4.78, 5) is 12.2. The van der Waals surface area contributed by atoms with E-state index in [9.17, 15) is 9.90 Å². The minimum atomic E-state index is -0.741. The number of amides is 1. The summed E-state index contributed by atoms with van der Waals surface area (Å²) in [6.07, 6.45) is 7.89. The topological polar surface area (TPSA) is 77.0 Å². The highest BCUT2D eigenvalue weighted by Crippen LogP contribution is 2.35. The van der Waals surface area contributed by atoms with Gasteiger partial charge >= 0.3 is 0 Å². The number of primary amides is 1. The molecule has 0 radical (unpaired) electrons. The number of rotatable bonds is 6. The molecule has 0 bridgehead atoms. The van der Waals surface area contributed by atoms with Crippen LogP contribution in [-0.2, 0) is 17.6 Å². The van der Waals surface area contributed by atoms with E-state index in [-0.39, 0.29) is 0 Å². The summed E-state index contributed by atoms with van der Waals surface area (Å²) in [5.74, 6) is -0.434. The molecule has 2 heterocycles. The third kappa shape index (κ3) is 3.19. The molecule has 0 aromatic carbocycles. The molecule has 1 fully saturated rings. The molecule has 2 aromatic heterocycles. The van der Waals surface area contributed by atoms with Crippen LogP contribution in [0.2, 0.25) is 0 Å². The number of fused-ring (bicyclic) bond motifs is 1. The van der Waals surface area contributed by atoms with Crippen LogP contribution in [0.25, 0.3) is 5.52 Å². The summed E-state index contributed by atoms with van der Waals surface area (Å²) in [5.41, 5.74) is 8.22. The second-order valence-electron chi connectivity index (χ2n) is 6.82. The first kappa shape index (κ1) is 17.0. The number of hydrogen-bond donors (Lipinski definition) is 2. The maximum absolute atomic E-state index is 12.2. The largest absolute Gasteiger partial charge is 0.390 e. The number of nitrogens with two attached hydrogens (primary N) is 1. The number of carbonyl (C=O) groups excluding carboxylic acids is 1. The molecule has 1 aliphatic carbocycles. The zero-order chi connectivity index (χ0) is 17.2. The zero-order valence-corrected chi connectivity index (χ0v) is 14.3. The molecule has 0 atom stereocenters. The number of ether oxygens (including phenoxy) is 1. The van der Waals surface area contributed by atoms with Gasteiger partial charge in [0.15, 0.2) is 0 Å². The van der Waals surface area contributed by atoms with Gasteiger partial charge in [0.1, 0.15) is 0 Å². The molecule has 2 aromatic rings. The molecule has 0 aliphatic heterocycles. The van der Waals surface area contributed by atoms with Crippen molar-refractivity contribution in [3.8, 4) is 0 Å². The van der Waals surface area contributed by atoms with E-state index in [1.807, 2.05) is 28.8 Å². The van der Waals surface area contributed by atoms with E-state index < -0.39 is 11.5 Å². The van der Waals surface area contributed by atoms with Crippen LogP contribution < -0.4 is 5.73 Å². The maximum Gasteiger partial charge on any atom is 0.251 e. The van der Waals surface area contributed by atoms with E-state index in [1.165, 1.54) is 6.42 Å². The normalized spacial score (nSPS) is 17.2. The van der Waals surface area contributed by atoms with Crippen LogP contribution in [0, 0.1) is 0 Å². The lowest BCUT2D eigenvalue weighted by atomic mass is 9.79. The summed E-state index contributed by atoms with van der Waals surface area (Å²) in [7, 11) is 1.67. The van der Waals surface area contributed by atoms with Crippen LogP contribution >= 0.6 is 0 Å². The Bertz CT molecular complexity index is 730. The van der Waals surface area contributed by atoms with E-state index in [1.54, 1.807) is 7.11 Å². The molecular formula is C19H26N2O3. The summed E-state index contributed by atoms with van der Waals surface area (Å²) in [6.45, 7) is 0.560. The van der Waals surface area contributed by atoms with Crippen molar-refractivity contribution in [2.45, 2.75) is 50.5 Å². The number of aromatic nitrogens is 1. The van der Waals surface area contributed by atoms with Crippen molar-refractivity contribution in [2.75, 3.05) is 13.7 Å². The van der Waals surface area contributed by atoms with Gasteiger partial charge in [0.2, 0.25) is 0 Å². The van der Waals surface area contributed by atoms with Crippen molar-refractivity contribution in [1.82, 2.24) is 4.40 Å². The molecule has 0 unspecified atom stereocenters. The highest BCUT2D eigenvalue weighted by Gasteiger charge is 2.33. The Labute approximate surface area is 142 Å². The van der Waals surface area contributed by atoms with Gasteiger partial charge in [-0.25, -0.2) is 0 Å². The third-order valence-corrected chi connectivity index (χ3v) is 5.14. The Kier molecular flexibility index (Phi) is 4.92. The monoisotopic (exact) mass is 330 g/mol. The Morgan fingerprint density at radius 1 is 1.33 bits per heavy atom. The smallest absolute Gasteiger partial charge is 0.251 e. The second kappa shape index (κ2) is 6.95. The first-order valence-electron chi connectivity index (χ1n) is 8.68. The predicted octanol–water partition coefficient (Wildman–Crippen LogP) is 2.46. The maximum atomic E-state index is 12.2. The summed E-state index contributed by atoms with van der Waals surface area (Å²) >= 11 is 0. The van der Waals surface area contributed by atoms with Gasteiger partial charge in [-0.1, -0.05) is 25.3 Å². The first-order valence-corrected chi connectivity index (χ1v) is 8.68. The van der Waals surface area contributed by atoms with Crippen molar-refractivity contribution >= 4 is 11.4 Å². The highest BCUT2D eigenvalue weighted by atomic mass is 16.5. The molecule has 130 valence electrons. The van der Waals surface area contributed by atoms with E-state index in [4.69, 9.17) is 10.5 Å².